The van der Waals surface area contributed by atoms with Gasteiger partial charge in [0, 0.05) is 39.8 Å². The van der Waals surface area contributed by atoms with Crippen LogP contribution in [0, 0.1) is 5.92 Å². The molecule has 1 aromatic heterocycles. The molecule has 2 aromatic rings. The van der Waals surface area contributed by atoms with Gasteiger partial charge in [-0.15, -0.1) is 0 Å². The van der Waals surface area contributed by atoms with E-state index < -0.39 is 5.69 Å². The van der Waals surface area contributed by atoms with Crippen molar-refractivity contribution in [2.24, 2.45) is 13.0 Å². The maximum Gasteiger partial charge on any atom is 0.329 e. The molecule has 1 N–H and O–H groups in total. The van der Waals surface area contributed by atoms with E-state index in [1.807, 2.05) is 30.1 Å². The van der Waals surface area contributed by atoms with E-state index in [1.165, 1.54) is 18.7 Å². The van der Waals surface area contributed by atoms with Crippen molar-refractivity contribution in [2.75, 3.05) is 31.6 Å². The van der Waals surface area contributed by atoms with Gasteiger partial charge in [-0.25, -0.2) is 4.79 Å². The normalized spacial score (nSPS) is 17.0. The molecule has 1 aromatic carbocycles. The van der Waals surface area contributed by atoms with Crippen molar-refractivity contribution >= 4 is 11.7 Å². The number of piperidine rings is 1. The zero-order valence-electron chi connectivity index (χ0n) is 15.9. The number of carbonyl (C=O) groups excluding carboxylic acids is 1. The second-order valence-electron chi connectivity index (χ2n) is 7.14. The van der Waals surface area contributed by atoms with Crippen LogP contribution >= 0.6 is 0 Å². The van der Waals surface area contributed by atoms with Crippen molar-refractivity contribution < 1.29 is 4.79 Å². The van der Waals surface area contributed by atoms with Gasteiger partial charge in [0.15, 0.2) is 0 Å². The van der Waals surface area contributed by atoms with Gasteiger partial charge in [-0.05, 0) is 24.8 Å². The van der Waals surface area contributed by atoms with Gasteiger partial charge < -0.3 is 9.80 Å². The lowest BCUT2D eigenvalue weighted by molar-refractivity contribution is -0.134. The Labute approximate surface area is 158 Å². The largest absolute Gasteiger partial charge is 0.357 e. The van der Waals surface area contributed by atoms with E-state index >= 15 is 0 Å². The minimum absolute atomic E-state index is 0.113. The van der Waals surface area contributed by atoms with Crippen molar-refractivity contribution in [3.63, 3.8) is 0 Å². The molecule has 1 amide bonds. The van der Waals surface area contributed by atoms with Crippen LogP contribution in [0.4, 0.5) is 5.82 Å². The molecule has 2 heterocycles. The fourth-order valence-electron chi connectivity index (χ4n) is 3.47. The summed E-state index contributed by atoms with van der Waals surface area (Å²) in [5, 5.41) is 0. The Balaban J connectivity index is 1.64. The number of H-pyrrole nitrogens is 1. The van der Waals surface area contributed by atoms with E-state index in [9.17, 15) is 14.4 Å². The van der Waals surface area contributed by atoms with Crippen LogP contribution in [0.2, 0.25) is 0 Å². The second-order valence-corrected chi connectivity index (χ2v) is 7.14. The zero-order valence-corrected chi connectivity index (χ0v) is 15.9. The number of rotatable bonds is 5. The number of nitrogens with zero attached hydrogens (tertiary/aromatic N) is 3. The smallest absolute Gasteiger partial charge is 0.329 e. The summed E-state index contributed by atoms with van der Waals surface area (Å²) in [4.78, 5) is 43.0. The third kappa shape index (κ3) is 4.48. The highest BCUT2D eigenvalue weighted by Crippen LogP contribution is 2.22. The summed E-state index contributed by atoms with van der Waals surface area (Å²) in [5.74, 6) is 0.474. The lowest BCUT2D eigenvalue weighted by Crippen LogP contribution is -2.45. The van der Waals surface area contributed by atoms with Crippen LogP contribution in [0.3, 0.4) is 0 Å². The highest BCUT2D eigenvalue weighted by molar-refractivity contribution is 5.79. The summed E-state index contributed by atoms with van der Waals surface area (Å²) < 4.78 is 1.04. The van der Waals surface area contributed by atoms with Gasteiger partial charge in [0.2, 0.25) is 5.91 Å². The summed E-state index contributed by atoms with van der Waals surface area (Å²) in [5.41, 5.74) is 0.424. The molecule has 0 spiro atoms. The van der Waals surface area contributed by atoms with E-state index in [1.54, 1.807) is 4.90 Å². The zero-order chi connectivity index (χ0) is 19.4. The van der Waals surface area contributed by atoms with Gasteiger partial charge in [0.05, 0.1) is 5.92 Å². The van der Waals surface area contributed by atoms with Crippen LogP contribution in [0.25, 0.3) is 0 Å². The summed E-state index contributed by atoms with van der Waals surface area (Å²) in [6.07, 6.45) is 2.49. The Morgan fingerprint density at radius 3 is 2.70 bits per heavy atom. The van der Waals surface area contributed by atoms with Crippen molar-refractivity contribution in [3.8, 4) is 0 Å². The SMILES string of the molecule is CN(CCc1ccccc1)C(=O)C1CCCN(c2cc(=O)n(C)c(=O)[nH]2)C1. The summed E-state index contributed by atoms with van der Waals surface area (Å²) in [6, 6.07) is 11.5. The van der Waals surface area contributed by atoms with Gasteiger partial charge in [-0.3, -0.25) is 19.1 Å². The maximum atomic E-state index is 12.8. The molecule has 1 aliphatic rings. The average Bonchev–Trinajstić information content (AvgIpc) is 2.70. The van der Waals surface area contributed by atoms with E-state index in [4.69, 9.17) is 0 Å². The predicted octanol–water partition coefficient (Wildman–Crippen LogP) is 0.991. The first-order valence-corrected chi connectivity index (χ1v) is 9.30. The van der Waals surface area contributed by atoms with Crippen molar-refractivity contribution in [1.29, 1.82) is 0 Å². The number of nitrogens with one attached hydrogen (secondary N) is 1. The fraction of sp³-hybridized carbons (Fsp3) is 0.450. The molecule has 1 unspecified atom stereocenters. The summed E-state index contributed by atoms with van der Waals surface area (Å²) in [7, 11) is 3.28. The standard InChI is InChI=1S/C20H26N4O3/c1-22(12-10-15-7-4-3-5-8-15)19(26)16-9-6-11-24(14-16)17-13-18(25)23(2)20(27)21-17/h3-5,7-8,13,16H,6,9-12,14H2,1-2H3,(H,21,27). The van der Waals surface area contributed by atoms with E-state index in [0.29, 0.717) is 18.9 Å². The Hall–Kier alpha value is -2.83. The molecule has 0 saturated carbocycles. The highest BCUT2D eigenvalue weighted by atomic mass is 16.2. The van der Waals surface area contributed by atoms with Gasteiger partial charge in [0.25, 0.3) is 5.56 Å². The molecule has 1 aliphatic heterocycles. The first kappa shape index (κ1) is 18.9. The van der Waals surface area contributed by atoms with Crippen LogP contribution in [-0.2, 0) is 18.3 Å². The predicted molar refractivity (Wildman–Crippen MR) is 105 cm³/mol. The lowest BCUT2D eigenvalue weighted by Gasteiger charge is -2.35. The average molecular weight is 370 g/mol. The van der Waals surface area contributed by atoms with Gasteiger partial charge >= 0.3 is 5.69 Å². The number of anilines is 1. The number of hydrogen-bond donors (Lipinski definition) is 1. The number of hydrogen-bond acceptors (Lipinski definition) is 4. The van der Waals surface area contributed by atoms with Crippen LogP contribution in [0.5, 0.6) is 0 Å². The molecule has 1 saturated heterocycles. The third-order valence-corrected chi connectivity index (χ3v) is 5.20. The van der Waals surface area contributed by atoms with Gasteiger partial charge in [0.1, 0.15) is 5.82 Å². The maximum absolute atomic E-state index is 12.8. The Morgan fingerprint density at radius 1 is 1.26 bits per heavy atom. The Bertz CT molecular complexity index is 872. The molecule has 7 nitrogen and oxygen atoms in total. The molecule has 3 rings (SSSR count). The van der Waals surface area contributed by atoms with E-state index in [0.717, 1.165) is 30.4 Å². The Morgan fingerprint density at radius 2 is 2.00 bits per heavy atom. The minimum atomic E-state index is -0.439. The Kier molecular flexibility index (Phi) is 5.78. The second kappa shape index (κ2) is 8.24. The van der Waals surface area contributed by atoms with Gasteiger partial charge in [-0.1, -0.05) is 30.3 Å². The van der Waals surface area contributed by atoms with Crippen LogP contribution in [0.1, 0.15) is 18.4 Å². The van der Waals surface area contributed by atoms with Gasteiger partial charge in [-0.2, -0.15) is 0 Å². The van der Waals surface area contributed by atoms with Crippen molar-refractivity contribution in [2.45, 2.75) is 19.3 Å². The molecular weight excluding hydrogens is 344 g/mol. The van der Waals surface area contributed by atoms with Crippen LogP contribution < -0.4 is 16.1 Å². The number of likely N-dealkylation sites (N-methyl/N-ethyl adjacent to an activating group) is 1. The van der Waals surface area contributed by atoms with Crippen molar-refractivity contribution in [1.82, 2.24) is 14.5 Å². The third-order valence-electron chi connectivity index (χ3n) is 5.20. The summed E-state index contributed by atoms with van der Waals surface area (Å²) >= 11 is 0. The number of amides is 1. The quantitative estimate of drug-likeness (QED) is 0.851. The molecule has 0 radical (unpaired) electrons. The number of aromatic nitrogens is 2. The monoisotopic (exact) mass is 370 g/mol. The van der Waals surface area contributed by atoms with Crippen LogP contribution in [0.15, 0.2) is 46.0 Å². The lowest BCUT2D eigenvalue weighted by atomic mass is 9.96. The first-order valence-electron chi connectivity index (χ1n) is 9.30. The summed E-state index contributed by atoms with van der Waals surface area (Å²) in [6.45, 7) is 1.90. The molecule has 0 bridgehead atoms. The molecular formula is C20H26N4O3. The first-order chi connectivity index (χ1) is 13.0. The van der Waals surface area contributed by atoms with E-state index in [2.05, 4.69) is 17.1 Å². The molecule has 1 fully saturated rings. The molecule has 0 aliphatic carbocycles. The van der Waals surface area contributed by atoms with E-state index in [-0.39, 0.29) is 17.4 Å². The molecule has 144 valence electrons. The topological polar surface area (TPSA) is 78.4 Å². The van der Waals surface area contributed by atoms with Crippen molar-refractivity contribution in [3.05, 3.63) is 62.8 Å². The minimum Gasteiger partial charge on any atom is -0.357 e. The fourth-order valence-corrected chi connectivity index (χ4v) is 3.47. The van der Waals surface area contributed by atoms with Crippen LogP contribution in [-0.4, -0.2) is 47.0 Å². The number of aromatic amines is 1. The number of carbonyl (C=O) groups is 1. The number of benzene rings is 1. The molecule has 27 heavy (non-hydrogen) atoms. The molecule has 7 heteroatoms. The highest BCUT2D eigenvalue weighted by Gasteiger charge is 2.28. The molecule has 1 atom stereocenters.